The van der Waals surface area contributed by atoms with Crippen LogP contribution in [0.1, 0.15) is 12.0 Å². The minimum atomic E-state index is 0.207. The number of H-pyrrole nitrogens is 1. The van der Waals surface area contributed by atoms with Gasteiger partial charge in [-0.1, -0.05) is 28.1 Å². The summed E-state index contributed by atoms with van der Waals surface area (Å²) in [6.07, 6.45) is 0.949. The molecule has 2 aromatic carbocycles. The van der Waals surface area contributed by atoms with Gasteiger partial charge in [0.1, 0.15) is 0 Å². The SMILES string of the molecule is Cc1cc(Br)ccc1SCC(=O)N1CCCN(c2nc3ccccc3[nH]2)CC1. The lowest BCUT2D eigenvalue weighted by atomic mass is 10.2. The van der Waals surface area contributed by atoms with Crippen LogP contribution in [0.25, 0.3) is 11.0 Å². The largest absolute Gasteiger partial charge is 0.341 e. The molecule has 1 aliphatic heterocycles. The van der Waals surface area contributed by atoms with Crippen molar-refractivity contribution in [1.29, 1.82) is 0 Å². The van der Waals surface area contributed by atoms with Crippen LogP contribution in [-0.2, 0) is 4.79 Å². The lowest BCUT2D eigenvalue weighted by molar-refractivity contribution is -0.128. The molecule has 0 radical (unpaired) electrons. The van der Waals surface area contributed by atoms with Crippen molar-refractivity contribution >= 4 is 50.6 Å². The van der Waals surface area contributed by atoms with Gasteiger partial charge >= 0.3 is 0 Å². The fourth-order valence-corrected chi connectivity index (χ4v) is 4.86. The number of carbonyl (C=O) groups is 1. The van der Waals surface area contributed by atoms with Gasteiger partial charge in [0.2, 0.25) is 11.9 Å². The Morgan fingerprint density at radius 1 is 1.18 bits per heavy atom. The zero-order chi connectivity index (χ0) is 19.5. The Labute approximate surface area is 177 Å². The second-order valence-electron chi connectivity index (χ2n) is 7.00. The summed E-state index contributed by atoms with van der Waals surface area (Å²) in [5, 5.41) is 0. The number of benzene rings is 2. The van der Waals surface area contributed by atoms with Crippen molar-refractivity contribution in [3.8, 4) is 0 Å². The van der Waals surface area contributed by atoms with E-state index in [1.807, 2.05) is 35.2 Å². The minimum absolute atomic E-state index is 0.207. The van der Waals surface area contributed by atoms with Crippen LogP contribution in [0, 0.1) is 6.92 Å². The van der Waals surface area contributed by atoms with Gasteiger partial charge in [-0.2, -0.15) is 0 Å². The topological polar surface area (TPSA) is 52.2 Å². The van der Waals surface area contributed by atoms with Crippen LogP contribution in [-0.4, -0.2) is 52.7 Å². The lowest BCUT2D eigenvalue weighted by Crippen LogP contribution is -2.36. The summed E-state index contributed by atoms with van der Waals surface area (Å²) in [5.74, 6) is 1.58. The molecule has 1 saturated heterocycles. The molecular formula is C21H23BrN4OS. The first-order valence-corrected chi connectivity index (χ1v) is 11.2. The number of halogens is 1. The van der Waals surface area contributed by atoms with Gasteiger partial charge in [0.05, 0.1) is 16.8 Å². The van der Waals surface area contributed by atoms with Crippen molar-refractivity contribution in [3.63, 3.8) is 0 Å². The Morgan fingerprint density at radius 2 is 2.04 bits per heavy atom. The van der Waals surface area contributed by atoms with Crippen molar-refractivity contribution in [1.82, 2.24) is 14.9 Å². The minimum Gasteiger partial charge on any atom is -0.341 e. The predicted molar refractivity (Wildman–Crippen MR) is 119 cm³/mol. The number of carbonyl (C=O) groups excluding carboxylic acids is 1. The highest BCUT2D eigenvalue weighted by molar-refractivity contribution is 9.10. The second-order valence-corrected chi connectivity index (χ2v) is 8.93. The van der Waals surface area contributed by atoms with E-state index in [0.717, 1.165) is 58.9 Å². The molecule has 1 aromatic heterocycles. The fourth-order valence-electron chi connectivity index (χ4n) is 3.47. The van der Waals surface area contributed by atoms with Crippen LogP contribution in [0.15, 0.2) is 51.8 Å². The van der Waals surface area contributed by atoms with Crippen molar-refractivity contribution in [3.05, 3.63) is 52.5 Å². The van der Waals surface area contributed by atoms with Gasteiger partial charge in [0, 0.05) is 35.5 Å². The highest BCUT2D eigenvalue weighted by Gasteiger charge is 2.21. The number of fused-ring (bicyclic) bond motifs is 1. The Bertz CT molecular complexity index is 956. The van der Waals surface area contributed by atoms with E-state index < -0.39 is 0 Å². The van der Waals surface area contributed by atoms with Crippen LogP contribution in [0.4, 0.5) is 5.95 Å². The van der Waals surface area contributed by atoms with Gasteiger partial charge in [-0.15, -0.1) is 11.8 Å². The maximum atomic E-state index is 12.7. The quantitative estimate of drug-likeness (QED) is 0.586. The molecule has 0 bridgehead atoms. The molecule has 5 nitrogen and oxygen atoms in total. The first-order valence-electron chi connectivity index (χ1n) is 9.46. The van der Waals surface area contributed by atoms with E-state index >= 15 is 0 Å². The van der Waals surface area contributed by atoms with Crippen LogP contribution >= 0.6 is 27.7 Å². The molecule has 0 saturated carbocycles. The molecule has 0 aliphatic carbocycles. The van der Waals surface area contributed by atoms with E-state index in [4.69, 9.17) is 4.98 Å². The lowest BCUT2D eigenvalue weighted by Gasteiger charge is -2.21. The molecule has 2 heterocycles. The van der Waals surface area contributed by atoms with Crippen molar-refractivity contribution in [2.24, 2.45) is 0 Å². The highest BCUT2D eigenvalue weighted by atomic mass is 79.9. The fraction of sp³-hybridized carbons (Fsp3) is 0.333. The van der Waals surface area contributed by atoms with E-state index in [0.29, 0.717) is 5.75 Å². The molecule has 4 rings (SSSR count). The monoisotopic (exact) mass is 458 g/mol. The Kier molecular flexibility index (Phi) is 5.92. The number of imidazole rings is 1. The third-order valence-corrected chi connectivity index (χ3v) is 6.67. The van der Waals surface area contributed by atoms with E-state index in [9.17, 15) is 4.79 Å². The van der Waals surface area contributed by atoms with E-state index in [1.165, 1.54) is 5.56 Å². The number of aryl methyl sites for hydroxylation is 1. The average Bonchev–Trinajstić information content (AvgIpc) is 2.96. The molecule has 146 valence electrons. The van der Waals surface area contributed by atoms with Gasteiger partial charge in [0.25, 0.3) is 0 Å². The maximum absolute atomic E-state index is 12.7. The number of nitrogens with one attached hydrogen (secondary N) is 1. The molecule has 7 heteroatoms. The van der Waals surface area contributed by atoms with E-state index in [-0.39, 0.29) is 5.91 Å². The number of aromatic amines is 1. The molecule has 28 heavy (non-hydrogen) atoms. The summed E-state index contributed by atoms with van der Waals surface area (Å²) in [7, 11) is 0. The number of thioether (sulfide) groups is 1. The number of rotatable bonds is 4. The Morgan fingerprint density at radius 3 is 2.86 bits per heavy atom. The first-order chi connectivity index (χ1) is 13.6. The smallest absolute Gasteiger partial charge is 0.232 e. The normalized spacial score (nSPS) is 15.1. The van der Waals surface area contributed by atoms with E-state index in [2.05, 4.69) is 44.9 Å². The predicted octanol–water partition coefficient (Wildman–Crippen LogP) is 4.46. The Balaban J connectivity index is 1.36. The van der Waals surface area contributed by atoms with Crippen molar-refractivity contribution in [2.75, 3.05) is 36.8 Å². The number of nitrogens with zero attached hydrogens (tertiary/aromatic N) is 3. The van der Waals surface area contributed by atoms with Crippen LogP contribution < -0.4 is 4.90 Å². The number of anilines is 1. The second kappa shape index (κ2) is 8.57. The standard InChI is InChI=1S/C21H23BrN4OS/c1-15-13-16(22)7-8-19(15)28-14-20(27)25-9-4-10-26(12-11-25)21-23-17-5-2-3-6-18(17)24-21/h2-3,5-8,13H,4,9-12,14H2,1H3,(H,23,24). The van der Waals surface area contributed by atoms with Gasteiger partial charge in [-0.05, 0) is 49.2 Å². The van der Waals surface area contributed by atoms with Crippen LogP contribution in [0.3, 0.4) is 0 Å². The molecule has 0 unspecified atom stereocenters. The summed E-state index contributed by atoms with van der Waals surface area (Å²) in [6, 6.07) is 14.3. The average molecular weight is 459 g/mol. The van der Waals surface area contributed by atoms with Crippen molar-refractivity contribution < 1.29 is 4.79 Å². The molecule has 0 spiro atoms. The summed E-state index contributed by atoms with van der Waals surface area (Å²) in [6.45, 7) is 5.32. The van der Waals surface area contributed by atoms with Crippen LogP contribution in [0.2, 0.25) is 0 Å². The maximum Gasteiger partial charge on any atom is 0.232 e. The van der Waals surface area contributed by atoms with Gasteiger partial charge in [-0.25, -0.2) is 4.98 Å². The zero-order valence-electron chi connectivity index (χ0n) is 15.8. The summed E-state index contributed by atoms with van der Waals surface area (Å²) in [5.41, 5.74) is 3.23. The number of hydrogen-bond acceptors (Lipinski definition) is 4. The molecule has 1 aliphatic rings. The molecule has 1 fully saturated rings. The summed E-state index contributed by atoms with van der Waals surface area (Å²) in [4.78, 5) is 26.2. The summed E-state index contributed by atoms with van der Waals surface area (Å²) < 4.78 is 1.07. The number of amides is 1. The molecule has 1 amide bonds. The number of aromatic nitrogens is 2. The Hall–Kier alpha value is -1.99. The zero-order valence-corrected chi connectivity index (χ0v) is 18.2. The first kappa shape index (κ1) is 19.3. The van der Waals surface area contributed by atoms with Crippen molar-refractivity contribution in [2.45, 2.75) is 18.2 Å². The van der Waals surface area contributed by atoms with Gasteiger partial charge in [-0.3, -0.25) is 4.79 Å². The third-order valence-electron chi connectivity index (χ3n) is 5.01. The molecule has 3 aromatic rings. The molecule has 1 N–H and O–H groups in total. The third kappa shape index (κ3) is 4.36. The van der Waals surface area contributed by atoms with Crippen LogP contribution in [0.5, 0.6) is 0 Å². The number of para-hydroxylation sites is 2. The highest BCUT2D eigenvalue weighted by Crippen LogP contribution is 2.26. The molecule has 0 atom stereocenters. The molecular weight excluding hydrogens is 436 g/mol. The number of hydrogen-bond donors (Lipinski definition) is 1. The van der Waals surface area contributed by atoms with Gasteiger partial charge < -0.3 is 14.8 Å². The van der Waals surface area contributed by atoms with Gasteiger partial charge in [0.15, 0.2) is 0 Å². The van der Waals surface area contributed by atoms with E-state index in [1.54, 1.807) is 11.8 Å². The summed E-state index contributed by atoms with van der Waals surface area (Å²) >= 11 is 5.11.